The molecule has 0 aliphatic carbocycles. The Morgan fingerprint density at radius 1 is 1.42 bits per heavy atom. The molecule has 0 unspecified atom stereocenters. The predicted molar refractivity (Wildman–Crippen MR) is 90.0 cm³/mol. The van der Waals surface area contributed by atoms with Gasteiger partial charge in [0, 0.05) is 39.1 Å². The molecule has 138 valence electrons. The number of nitrogens with one attached hydrogen (secondary N) is 1. The number of hydrogen-bond acceptors (Lipinski definition) is 5. The molecule has 1 aliphatic rings. The molecule has 1 atom stereocenters. The summed E-state index contributed by atoms with van der Waals surface area (Å²) in [5, 5.41) is 2.90. The highest BCUT2D eigenvalue weighted by atomic mass is 19.2. The lowest BCUT2D eigenvalue weighted by Crippen LogP contribution is -2.48. The highest BCUT2D eigenvalue weighted by Crippen LogP contribution is 2.16. The van der Waals surface area contributed by atoms with Gasteiger partial charge in [-0.2, -0.15) is 0 Å². The zero-order valence-electron chi connectivity index (χ0n) is 14.1. The number of rotatable bonds is 4. The first-order valence-electron chi connectivity index (χ1n) is 8.07. The predicted octanol–water partition coefficient (Wildman–Crippen LogP) is 1.01. The standard InChI is InChI=1S/C17H18F2N4O3/c1-22-6-5-20-15(17(22)25)21-9-11-10-23(7-8-26-11)16(24)12-3-2-4-13(18)14(12)19/h2-6,11H,7-10H2,1H3,(H,20,21)/t11-/m1/s1. The van der Waals surface area contributed by atoms with E-state index in [2.05, 4.69) is 10.3 Å². The lowest BCUT2D eigenvalue weighted by Gasteiger charge is -2.33. The van der Waals surface area contributed by atoms with Gasteiger partial charge in [0.25, 0.3) is 11.5 Å². The highest BCUT2D eigenvalue weighted by Gasteiger charge is 2.27. The number of nitrogens with zero attached hydrogens (tertiary/aromatic N) is 3. The smallest absolute Gasteiger partial charge is 0.293 e. The largest absolute Gasteiger partial charge is 0.373 e. The first kappa shape index (κ1) is 18.0. The second-order valence-electron chi connectivity index (χ2n) is 5.92. The van der Waals surface area contributed by atoms with Crippen molar-refractivity contribution in [2.75, 3.05) is 31.6 Å². The van der Waals surface area contributed by atoms with E-state index >= 15 is 0 Å². The molecular weight excluding hydrogens is 346 g/mol. The maximum absolute atomic E-state index is 13.8. The number of carbonyl (C=O) groups is 1. The molecule has 1 aliphatic heterocycles. The summed E-state index contributed by atoms with van der Waals surface area (Å²) in [6, 6.07) is 3.51. The molecule has 0 bridgehead atoms. The van der Waals surface area contributed by atoms with Gasteiger partial charge in [-0.1, -0.05) is 6.07 Å². The fourth-order valence-electron chi connectivity index (χ4n) is 2.70. The van der Waals surface area contributed by atoms with E-state index in [9.17, 15) is 18.4 Å². The summed E-state index contributed by atoms with van der Waals surface area (Å²) in [6.07, 6.45) is 2.63. The first-order valence-corrected chi connectivity index (χ1v) is 8.07. The van der Waals surface area contributed by atoms with Crippen LogP contribution in [0, 0.1) is 11.6 Å². The number of aryl methyl sites for hydroxylation is 1. The summed E-state index contributed by atoms with van der Waals surface area (Å²) >= 11 is 0. The summed E-state index contributed by atoms with van der Waals surface area (Å²) in [7, 11) is 1.61. The molecule has 3 rings (SSSR count). The van der Waals surface area contributed by atoms with Crippen molar-refractivity contribution in [2.24, 2.45) is 7.05 Å². The minimum atomic E-state index is -1.16. The van der Waals surface area contributed by atoms with Crippen LogP contribution in [0.3, 0.4) is 0 Å². The van der Waals surface area contributed by atoms with Crippen LogP contribution in [0.1, 0.15) is 10.4 Å². The van der Waals surface area contributed by atoms with Crippen LogP contribution in [0.25, 0.3) is 0 Å². The Hall–Kier alpha value is -2.81. The van der Waals surface area contributed by atoms with Crippen LogP contribution < -0.4 is 10.9 Å². The van der Waals surface area contributed by atoms with Crippen molar-refractivity contribution < 1.29 is 18.3 Å². The van der Waals surface area contributed by atoms with Gasteiger partial charge >= 0.3 is 0 Å². The molecule has 1 saturated heterocycles. The van der Waals surface area contributed by atoms with Gasteiger partial charge in [0.05, 0.1) is 18.3 Å². The van der Waals surface area contributed by atoms with Gasteiger partial charge in [0.2, 0.25) is 0 Å². The van der Waals surface area contributed by atoms with Crippen molar-refractivity contribution in [1.82, 2.24) is 14.5 Å². The number of ether oxygens (including phenoxy) is 1. The van der Waals surface area contributed by atoms with Gasteiger partial charge < -0.3 is 19.5 Å². The lowest BCUT2D eigenvalue weighted by atomic mass is 10.1. The van der Waals surface area contributed by atoms with Crippen LogP contribution in [-0.2, 0) is 11.8 Å². The van der Waals surface area contributed by atoms with E-state index in [1.165, 1.54) is 27.8 Å². The van der Waals surface area contributed by atoms with E-state index in [0.29, 0.717) is 0 Å². The quantitative estimate of drug-likeness (QED) is 0.876. The van der Waals surface area contributed by atoms with Gasteiger partial charge in [0.1, 0.15) is 0 Å². The third kappa shape index (κ3) is 3.72. The Morgan fingerprint density at radius 2 is 2.23 bits per heavy atom. The Balaban J connectivity index is 1.65. The van der Waals surface area contributed by atoms with E-state index in [4.69, 9.17) is 4.74 Å². The number of anilines is 1. The molecule has 26 heavy (non-hydrogen) atoms. The summed E-state index contributed by atoms with van der Waals surface area (Å²) in [6.45, 7) is 0.975. The van der Waals surface area contributed by atoms with Crippen LogP contribution in [0.2, 0.25) is 0 Å². The Kier molecular flexibility index (Phi) is 5.27. The topological polar surface area (TPSA) is 76.5 Å². The maximum atomic E-state index is 13.8. The van der Waals surface area contributed by atoms with E-state index < -0.39 is 23.6 Å². The van der Waals surface area contributed by atoms with Gasteiger partial charge in [0.15, 0.2) is 17.5 Å². The Bertz CT molecular complexity index is 871. The average molecular weight is 364 g/mol. The minimum absolute atomic E-state index is 0.179. The third-order valence-corrected chi connectivity index (χ3v) is 4.12. The molecule has 1 aromatic heterocycles. The van der Waals surface area contributed by atoms with Crippen LogP contribution in [-0.4, -0.2) is 52.7 Å². The van der Waals surface area contributed by atoms with Gasteiger partial charge in [-0.25, -0.2) is 13.8 Å². The number of benzene rings is 1. The van der Waals surface area contributed by atoms with Crippen molar-refractivity contribution in [2.45, 2.75) is 6.10 Å². The summed E-state index contributed by atoms with van der Waals surface area (Å²) in [4.78, 5) is 29.8. The van der Waals surface area contributed by atoms with E-state index in [0.717, 1.165) is 6.07 Å². The molecule has 1 amide bonds. The summed E-state index contributed by atoms with van der Waals surface area (Å²) < 4.78 is 34.2. The number of amides is 1. The van der Waals surface area contributed by atoms with Crippen LogP contribution >= 0.6 is 0 Å². The number of hydrogen-bond donors (Lipinski definition) is 1. The molecule has 2 aromatic rings. The van der Waals surface area contributed by atoms with Gasteiger partial charge in [-0.15, -0.1) is 0 Å². The Labute approximate surface area is 148 Å². The third-order valence-electron chi connectivity index (χ3n) is 4.12. The first-order chi connectivity index (χ1) is 12.5. The highest BCUT2D eigenvalue weighted by molar-refractivity contribution is 5.94. The van der Waals surface area contributed by atoms with Crippen molar-refractivity contribution in [3.8, 4) is 0 Å². The summed E-state index contributed by atoms with van der Waals surface area (Å²) in [5.74, 6) is -2.63. The molecule has 9 heteroatoms. The molecule has 0 spiro atoms. The number of halogens is 2. The van der Waals surface area contributed by atoms with E-state index in [-0.39, 0.29) is 43.2 Å². The van der Waals surface area contributed by atoms with Gasteiger partial charge in [-0.3, -0.25) is 9.59 Å². The minimum Gasteiger partial charge on any atom is -0.373 e. The SMILES string of the molecule is Cn1ccnc(NC[C@@H]2CN(C(=O)c3cccc(F)c3F)CCO2)c1=O. The molecule has 1 N–H and O–H groups in total. The van der Waals surface area contributed by atoms with Crippen molar-refractivity contribution in [1.29, 1.82) is 0 Å². The molecule has 7 nitrogen and oxygen atoms in total. The maximum Gasteiger partial charge on any atom is 0.293 e. The average Bonchev–Trinajstić information content (AvgIpc) is 2.65. The number of carbonyl (C=O) groups excluding carboxylic acids is 1. The molecule has 0 radical (unpaired) electrons. The van der Waals surface area contributed by atoms with Crippen molar-refractivity contribution >= 4 is 11.7 Å². The fourth-order valence-corrected chi connectivity index (χ4v) is 2.70. The second-order valence-corrected chi connectivity index (χ2v) is 5.92. The zero-order chi connectivity index (χ0) is 18.7. The molecular formula is C17H18F2N4O3. The van der Waals surface area contributed by atoms with Gasteiger partial charge in [-0.05, 0) is 12.1 Å². The van der Waals surface area contributed by atoms with E-state index in [1.807, 2.05) is 0 Å². The van der Waals surface area contributed by atoms with Crippen molar-refractivity contribution in [3.05, 3.63) is 58.1 Å². The van der Waals surface area contributed by atoms with E-state index in [1.54, 1.807) is 13.2 Å². The molecule has 1 aromatic carbocycles. The monoisotopic (exact) mass is 364 g/mol. The molecule has 0 saturated carbocycles. The zero-order valence-corrected chi connectivity index (χ0v) is 14.1. The summed E-state index contributed by atoms with van der Waals surface area (Å²) in [5.41, 5.74) is -0.588. The Morgan fingerprint density at radius 3 is 3.04 bits per heavy atom. The lowest BCUT2D eigenvalue weighted by molar-refractivity contribution is -0.0151. The molecule has 1 fully saturated rings. The second kappa shape index (κ2) is 7.61. The number of morpholine rings is 1. The van der Waals surface area contributed by atoms with Crippen LogP contribution in [0.15, 0.2) is 35.4 Å². The molecule has 2 heterocycles. The van der Waals surface area contributed by atoms with Crippen LogP contribution in [0.5, 0.6) is 0 Å². The normalized spacial score (nSPS) is 17.2. The number of aromatic nitrogens is 2. The van der Waals surface area contributed by atoms with Crippen molar-refractivity contribution in [3.63, 3.8) is 0 Å². The fraction of sp³-hybridized carbons (Fsp3) is 0.353. The van der Waals surface area contributed by atoms with Crippen LogP contribution in [0.4, 0.5) is 14.6 Å².